The topological polar surface area (TPSA) is 49.8 Å². The molecule has 0 aromatic heterocycles. The van der Waals surface area contributed by atoms with Crippen LogP contribution in [0.15, 0.2) is 36.5 Å². The highest BCUT2D eigenvalue weighted by molar-refractivity contribution is 5.66. The van der Waals surface area contributed by atoms with E-state index >= 15 is 0 Å². The van der Waals surface area contributed by atoms with Gasteiger partial charge < -0.3 is 9.84 Å². The van der Waals surface area contributed by atoms with Crippen molar-refractivity contribution in [3.8, 4) is 0 Å². The minimum absolute atomic E-state index is 0.250. The number of allylic oxidation sites excluding steroid dienone is 5. The largest absolute Gasteiger partial charge is 0.481 e. The minimum Gasteiger partial charge on any atom is -0.481 e. The summed E-state index contributed by atoms with van der Waals surface area (Å²) in [7, 11) is 0. The van der Waals surface area contributed by atoms with Gasteiger partial charge in [-0.15, -0.1) is 0 Å². The van der Waals surface area contributed by atoms with Crippen LogP contribution in [0, 0.1) is 0 Å². The normalized spacial score (nSPS) is 20.9. The van der Waals surface area contributed by atoms with Crippen molar-refractivity contribution in [2.24, 2.45) is 0 Å². The summed E-state index contributed by atoms with van der Waals surface area (Å²) >= 11 is 0. The lowest BCUT2D eigenvalue weighted by Crippen LogP contribution is -1.97. The van der Waals surface area contributed by atoms with E-state index in [-0.39, 0.29) is 12.5 Å². The van der Waals surface area contributed by atoms with E-state index in [1.807, 2.05) is 0 Å². The van der Waals surface area contributed by atoms with E-state index in [0.29, 0.717) is 6.10 Å². The van der Waals surface area contributed by atoms with Crippen molar-refractivity contribution in [1.29, 1.82) is 0 Å². The third kappa shape index (κ3) is 11.8. The third-order valence-corrected chi connectivity index (χ3v) is 3.95. The predicted molar refractivity (Wildman–Crippen MR) is 95.6 cm³/mol. The first-order valence-electron chi connectivity index (χ1n) is 9.06. The summed E-state index contributed by atoms with van der Waals surface area (Å²) in [6.07, 6.45) is 23.8. The van der Waals surface area contributed by atoms with Gasteiger partial charge in [0, 0.05) is 6.42 Å². The molecule has 1 fully saturated rings. The van der Waals surface area contributed by atoms with Crippen LogP contribution in [0.5, 0.6) is 0 Å². The summed E-state index contributed by atoms with van der Waals surface area (Å²) in [5, 5.41) is 8.58. The van der Waals surface area contributed by atoms with Gasteiger partial charge >= 0.3 is 5.97 Å². The second-order valence-electron chi connectivity index (χ2n) is 6.12. The standard InChI is InChI=1S/C20H32O3/c1-2-3-4-5-6-7-8-9-10-11-12-13-15-18-19(23-18)16-14-17-20(21)22/h6-7,9-10,12-13,18-19H,2-5,8,11,14-17H2,1H3,(H,21,22)/b7-6+,10-9+,13-12+. The van der Waals surface area contributed by atoms with Crippen molar-refractivity contribution in [2.75, 3.05) is 0 Å². The highest BCUT2D eigenvalue weighted by Gasteiger charge is 2.36. The van der Waals surface area contributed by atoms with Gasteiger partial charge in [-0.2, -0.15) is 0 Å². The minimum atomic E-state index is -0.718. The molecule has 1 saturated heterocycles. The van der Waals surface area contributed by atoms with E-state index in [1.54, 1.807) is 0 Å². The van der Waals surface area contributed by atoms with Gasteiger partial charge in [-0.05, 0) is 44.9 Å². The lowest BCUT2D eigenvalue weighted by Gasteiger charge is -1.92. The molecular formula is C20H32O3. The Bertz CT molecular complexity index is 396. The zero-order valence-electron chi connectivity index (χ0n) is 14.5. The van der Waals surface area contributed by atoms with Crippen LogP contribution in [0.25, 0.3) is 0 Å². The first-order chi connectivity index (χ1) is 11.2. The van der Waals surface area contributed by atoms with Gasteiger partial charge in [0.1, 0.15) is 0 Å². The monoisotopic (exact) mass is 320 g/mol. The Morgan fingerprint density at radius 3 is 2.35 bits per heavy atom. The molecule has 0 amide bonds. The van der Waals surface area contributed by atoms with E-state index in [2.05, 4.69) is 43.4 Å². The maximum atomic E-state index is 10.4. The van der Waals surface area contributed by atoms with Crippen molar-refractivity contribution >= 4 is 5.97 Å². The Morgan fingerprint density at radius 2 is 1.65 bits per heavy atom. The van der Waals surface area contributed by atoms with Gasteiger partial charge in [-0.1, -0.05) is 56.2 Å². The van der Waals surface area contributed by atoms with E-state index in [1.165, 1.54) is 25.7 Å². The molecule has 3 heteroatoms. The molecule has 1 aliphatic rings. The molecule has 0 radical (unpaired) electrons. The number of rotatable bonds is 14. The molecule has 1 aliphatic heterocycles. The molecule has 130 valence electrons. The number of carbonyl (C=O) groups is 1. The molecule has 0 bridgehead atoms. The van der Waals surface area contributed by atoms with Crippen LogP contribution in [-0.2, 0) is 9.53 Å². The second kappa shape index (κ2) is 13.1. The zero-order valence-corrected chi connectivity index (χ0v) is 14.5. The summed E-state index contributed by atoms with van der Waals surface area (Å²) in [5.41, 5.74) is 0. The summed E-state index contributed by atoms with van der Waals surface area (Å²) in [4.78, 5) is 10.4. The van der Waals surface area contributed by atoms with Crippen LogP contribution < -0.4 is 0 Å². The molecule has 2 unspecified atom stereocenters. The number of hydrogen-bond acceptors (Lipinski definition) is 2. The molecule has 0 aliphatic carbocycles. The lowest BCUT2D eigenvalue weighted by molar-refractivity contribution is -0.137. The van der Waals surface area contributed by atoms with Gasteiger partial charge in [0.25, 0.3) is 0 Å². The molecule has 1 rings (SSSR count). The third-order valence-electron chi connectivity index (χ3n) is 3.95. The highest BCUT2D eigenvalue weighted by atomic mass is 16.6. The average Bonchev–Trinajstić information content (AvgIpc) is 3.26. The van der Waals surface area contributed by atoms with Crippen molar-refractivity contribution in [2.45, 2.75) is 83.3 Å². The van der Waals surface area contributed by atoms with Crippen LogP contribution >= 0.6 is 0 Å². The first-order valence-corrected chi connectivity index (χ1v) is 9.06. The van der Waals surface area contributed by atoms with E-state index < -0.39 is 5.97 Å². The molecule has 0 aromatic rings. The number of unbranched alkanes of at least 4 members (excludes halogenated alkanes) is 3. The van der Waals surface area contributed by atoms with Crippen LogP contribution in [0.2, 0.25) is 0 Å². The molecule has 0 saturated carbocycles. The molecule has 1 heterocycles. The molecule has 2 atom stereocenters. The van der Waals surface area contributed by atoms with E-state index in [0.717, 1.165) is 32.1 Å². The zero-order chi connectivity index (χ0) is 16.8. The van der Waals surface area contributed by atoms with Crippen LogP contribution in [0.4, 0.5) is 0 Å². The number of epoxide rings is 1. The predicted octanol–water partition coefficient (Wildman–Crippen LogP) is 5.43. The molecule has 0 aromatic carbocycles. The summed E-state index contributed by atoms with van der Waals surface area (Å²) in [6, 6.07) is 0. The summed E-state index contributed by atoms with van der Waals surface area (Å²) in [5.74, 6) is -0.718. The van der Waals surface area contributed by atoms with Gasteiger partial charge in [0.05, 0.1) is 12.2 Å². The van der Waals surface area contributed by atoms with E-state index in [4.69, 9.17) is 9.84 Å². The fourth-order valence-corrected chi connectivity index (χ4v) is 2.50. The fourth-order valence-electron chi connectivity index (χ4n) is 2.50. The first kappa shape index (κ1) is 19.7. The molecule has 0 spiro atoms. The van der Waals surface area contributed by atoms with Gasteiger partial charge in [0.15, 0.2) is 0 Å². The fraction of sp³-hybridized carbons (Fsp3) is 0.650. The Balaban J connectivity index is 1.91. The average molecular weight is 320 g/mol. The maximum Gasteiger partial charge on any atom is 0.303 e. The number of carboxylic acid groups (broad SMARTS) is 1. The Labute approximate surface area is 141 Å². The smallest absolute Gasteiger partial charge is 0.303 e. The van der Waals surface area contributed by atoms with Crippen LogP contribution in [-0.4, -0.2) is 23.3 Å². The molecule has 1 N–H and O–H groups in total. The SMILES string of the molecule is CCCCC/C=C/C/C=C/C/C=C/CC1OC1CCCC(=O)O. The van der Waals surface area contributed by atoms with Crippen molar-refractivity contribution in [1.82, 2.24) is 0 Å². The Hall–Kier alpha value is -1.35. The number of aliphatic carboxylic acids is 1. The molecule has 23 heavy (non-hydrogen) atoms. The van der Waals surface area contributed by atoms with Gasteiger partial charge in [-0.3, -0.25) is 4.79 Å². The van der Waals surface area contributed by atoms with Crippen molar-refractivity contribution in [3.05, 3.63) is 36.5 Å². The van der Waals surface area contributed by atoms with E-state index in [9.17, 15) is 4.79 Å². The Morgan fingerprint density at radius 1 is 0.957 bits per heavy atom. The quantitative estimate of drug-likeness (QED) is 0.264. The maximum absolute atomic E-state index is 10.4. The van der Waals surface area contributed by atoms with Crippen molar-refractivity contribution in [3.63, 3.8) is 0 Å². The molecule has 3 nitrogen and oxygen atoms in total. The van der Waals surface area contributed by atoms with Gasteiger partial charge in [0.2, 0.25) is 0 Å². The van der Waals surface area contributed by atoms with Gasteiger partial charge in [-0.25, -0.2) is 0 Å². The van der Waals surface area contributed by atoms with Crippen molar-refractivity contribution < 1.29 is 14.6 Å². The number of carboxylic acids is 1. The van der Waals surface area contributed by atoms with Crippen LogP contribution in [0.1, 0.15) is 71.1 Å². The molecular weight excluding hydrogens is 288 g/mol. The summed E-state index contributed by atoms with van der Waals surface area (Å²) < 4.78 is 5.53. The Kier molecular flexibility index (Phi) is 11.2. The lowest BCUT2D eigenvalue weighted by atomic mass is 10.1. The second-order valence-corrected chi connectivity index (χ2v) is 6.12. The highest BCUT2D eigenvalue weighted by Crippen LogP contribution is 2.30. The van der Waals surface area contributed by atoms with Crippen LogP contribution in [0.3, 0.4) is 0 Å². The number of hydrogen-bond donors (Lipinski definition) is 1. The summed E-state index contributed by atoms with van der Waals surface area (Å²) in [6.45, 7) is 2.23. The number of ether oxygens (including phenoxy) is 1.